The largest absolute Gasteiger partial charge is 0.492 e. The Morgan fingerprint density at radius 3 is 2.89 bits per heavy atom. The van der Waals surface area contributed by atoms with Crippen molar-refractivity contribution in [3.63, 3.8) is 0 Å². The maximum atomic E-state index is 11.4. The van der Waals surface area contributed by atoms with Gasteiger partial charge in [0.2, 0.25) is 5.91 Å². The molecule has 1 aliphatic rings. The second-order valence-corrected chi connectivity index (χ2v) is 7.10. The summed E-state index contributed by atoms with van der Waals surface area (Å²) >= 11 is 1.74. The number of hydrogen-bond acceptors (Lipinski definition) is 4. The quantitative estimate of drug-likeness (QED) is 0.246. The van der Waals surface area contributed by atoms with Gasteiger partial charge in [0.15, 0.2) is 5.96 Å². The predicted octanol–water partition coefficient (Wildman–Crippen LogP) is 3.30. The summed E-state index contributed by atoms with van der Waals surface area (Å²) < 4.78 is 5.81. The van der Waals surface area contributed by atoms with Crippen LogP contribution in [0.4, 0.5) is 5.69 Å². The van der Waals surface area contributed by atoms with Gasteiger partial charge in [0.25, 0.3) is 0 Å². The van der Waals surface area contributed by atoms with E-state index in [2.05, 4.69) is 39.3 Å². The van der Waals surface area contributed by atoms with Crippen molar-refractivity contribution < 1.29 is 9.53 Å². The number of amides is 1. The molecule has 3 N–H and O–H groups in total. The maximum absolute atomic E-state index is 11.4. The number of carbonyl (C=O) groups excluding carboxylic acids is 1. The van der Waals surface area contributed by atoms with E-state index < -0.39 is 0 Å². The average molecular weight is 500 g/mol. The summed E-state index contributed by atoms with van der Waals surface area (Å²) in [5, 5.41) is 11.5. The Morgan fingerprint density at radius 1 is 1.30 bits per heavy atom. The molecule has 6 nitrogen and oxygen atoms in total. The Labute approximate surface area is 180 Å². The van der Waals surface area contributed by atoms with Crippen molar-refractivity contribution in [2.24, 2.45) is 4.99 Å². The molecule has 2 heterocycles. The van der Waals surface area contributed by atoms with Crippen molar-refractivity contribution in [1.29, 1.82) is 0 Å². The van der Waals surface area contributed by atoms with Crippen LogP contribution in [0.1, 0.15) is 22.4 Å². The van der Waals surface area contributed by atoms with Crippen LogP contribution >= 0.6 is 35.3 Å². The molecule has 0 fully saturated rings. The van der Waals surface area contributed by atoms with Crippen LogP contribution in [-0.2, 0) is 17.8 Å². The number of fused-ring (bicyclic) bond motifs is 1. The average Bonchev–Trinajstić information content (AvgIpc) is 3.06. The highest BCUT2D eigenvalue weighted by atomic mass is 127. The fraction of sp³-hybridized carbons (Fsp3) is 0.368. The highest BCUT2D eigenvalue weighted by Gasteiger charge is 2.14. The summed E-state index contributed by atoms with van der Waals surface area (Å²) in [7, 11) is 1.76. The number of thiophene rings is 1. The van der Waals surface area contributed by atoms with Gasteiger partial charge in [-0.3, -0.25) is 9.79 Å². The van der Waals surface area contributed by atoms with Crippen molar-refractivity contribution in [3.8, 4) is 5.75 Å². The third kappa shape index (κ3) is 6.10. The van der Waals surface area contributed by atoms with Crippen LogP contribution < -0.4 is 20.7 Å². The van der Waals surface area contributed by atoms with Crippen LogP contribution in [0.3, 0.4) is 0 Å². The Hall–Kier alpha value is -1.81. The third-order valence-electron chi connectivity index (χ3n) is 4.24. The highest BCUT2D eigenvalue weighted by Crippen LogP contribution is 2.26. The van der Waals surface area contributed by atoms with Crippen molar-refractivity contribution in [3.05, 3.63) is 45.6 Å². The minimum atomic E-state index is 0. The number of benzene rings is 1. The second kappa shape index (κ2) is 10.5. The van der Waals surface area contributed by atoms with Crippen LogP contribution in [0.25, 0.3) is 0 Å². The highest BCUT2D eigenvalue weighted by molar-refractivity contribution is 14.0. The molecular formula is C19H25IN4O2S. The van der Waals surface area contributed by atoms with Gasteiger partial charge in [0.05, 0.1) is 13.1 Å². The summed E-state index contributed by atoms with van der Waals surface area (Å²) in [4.78, 5) is 16.9. The fourth-order valence-electron chi connectivity index (χ4n) is 2.76. The lowest BCUT2D eigenvalue weighted by Crippen LogP contribution is -2.38. The molecule has 1 amide bonds. The topological polar surface area (TPSA) is 74.8 Å². The first kappa shape index (κ1) is 21.5. The van der Waals surface area contributed by atoms with E-state index in [0.717, 1.165) is 35.9 Å². The number of aryl methyl sites for hydroxylation is 2. The van der Waals surface area contributed by atoms with E-state index in [4.69, 9.17) is 4.74 Å². The molecule has 0 unspecified atom stereocenters. The molecule has 0 bridgehead atoms. The summed E-state index contributed by atoms with van der Waals surface area (Å²) in [5.74, 6) is 1.65. The van der Waals surface area contributed by atoms with Crippen LogP contribution in [0.15, 0.2) is 34.6 Å². The summed E-state index contributed by atoms with van der Waals surface area (Å²) in [6.07, 6.45) is 1.29. The first-order valence-electron chi connectivity index (χ1n) is 8.69. The molecule has 1 aromatic heterocycles. The molecular weight excluding hydrogens is 475 g/mol. The molecule has 3 rings (SSSR count). The van der Waals surface area contributed by atoms with Crippen molar-refractivity contribution in [2.75, 3.05) is 25.5 Å². The Morgan fingerprint density at radius 2 is 2.15 bits per heavy atom. The van der Waals surface area contributed by atoms with Crippen molar-refractivity contribution >= 4 is 52.9 Å². The normalized spacial score (nSPS) is 13.3. The number of carbonyl (C=O) groups is 1. The Bertz CT molecular complexity index is 807. The number of nitrogens with one attached hydrogen (secondary N) is 3. The van der Waals surface area contributed by atoms with Gasteiger partial charge in [-0.05, 0) is 54.1 Å². The Balaban J connectivity index is 0.00000261. The van der Waals surface area contributed by atoms with Crippen LogP contribution in [0, 0.1) is 6.92 Å². The summed E-state index contributed by atoms with van der Waals surface area (Å²) in [6.45, 7) is 4.06. The van der Waals surface area contributed by atoms with Crippen LogP contribution in [0.5, 0.6) is 5.75 Å². The van der Waals surface area contributed by atoms with Crippen molar-refractivity contribution in [1.82, 2.24) is 10.6 Å². The molecule has 0 radical (unpaired) electrons. The molecule has 0 saturated carbocycles. The number of halogens is 1. The minimum absolute atomic E-state index is 0. The molecule has 1 aliphatic heterocycles. The monoisotopic (exact) mass is 500 g/mol. The smallest absolute Gasteiger partial charge is 0.224 e. The SMILES string of the molecule is CN=C(NCCOc1ccc2c(c1)CCC(=O)N2)NCc1sccc1C.I. The summed E-state index contributed by atoms with van der Waals surface area (Å²) in [5.41, 5.74) is 3.31. The van der Waals surface area contributed by atoms with E-state index in [-0.39, 0.29) is 29.9 Å². The summed E-state index contributed by atoms with van der Waals surface area (Å²) in [6, 6.07) is 7.91. The zero-order chi connectivity index (χ0) is 18.4. The van der Waals surface area contributed by atoms with E-state index in [1.54, 1.807) is 18.4 Å². The number of guanidine groups is 1. The van der Waals surface area contributed by atoms with E-state index in [9.17, 15) is 4.79 Å². The lowest BCUT2D eigenvalue weighted by molar-refractivity contribution is -0.116. The molecule has 0 atom stereocenters. The zero-order valence-electron chi connectivity index (χ0n) is 15.5. The standard InChI is InChI=1S/C19H24N4O2S.HI/c1-13-7-10-26-17(13)12-22-19(20-2)21-8-9-25-15-4-5-16-14(11-15)3-6-18(24)23-16;/h4-5,7,10-11H,3,6,8-9,12H2,1-2H3,(H,23,24)(H2,20,21,22);1H. The van der Waals surface area contributed by atoms with E-state index in [1.807, 2.05) is 18.2 Å². The lowest BCUT2D eigenvalue weighted by Gasteiger charge is -2.18. The van der Waals surface area contributed by atoms with Gasteiger partial charge in [-0.15, -0.1) is 35.3 Å². The van der Waals surface area contributed by atoms with Gasteiger partial charge >= 0.3 is 0 Å². The number of rotatable bonds is 6. The lowest BCUT2D eigenvalue weighted by atomic mass is 10.0. The van der Waals surface area contributed by atoms with Gasteiger partial charge in [-0.2, -0.15) is 0 Å². The van der Waals surface area contributed by atoms with Gasteiger partial charge in [-0.1, -0.05) is 0 Å². The second-order valence-electron chi connectivity index (χ2n) is 6.09. The maximum Gasteiger partial charge on any atom is 0.224 e. The van der Waals surface area contributed by atoms with E-state index in [0.29, 0.717) is 19.6 Å². The Kier molecular flexibility index (Phi) is 8.36. The molecule has 27 heavy (non-hydrogen) atoms. The van der Waals surface area contributed by atoms with Crippen molar-refractivity contribution in [2.45, 2.75) is 26.3 Å². The molecule has 0 saturated heterocycles. The molecule has 8 heteroatoms. The molecule has 1 aromatic carbocycles. The minimum Gasteiger partial charge on any atom is -0.492 e. The van der Waals surface area contributed by atoms with E-state index >= 15 is 0 Å². The van der Waals surface area contributed by atoms with Gasteiger partial charge in [-0.25, -0.2) is 0 Å². The van der Waals surface area contributed by atoms with Gasteiger partial charge < -0.3 is 20.7 Å². The number of nitrogens with zero attached hydrogens (tertiary/aromatic N) is 1. The third-order valence-corrected chi connectivity index (χ3v) is 5.27. The molecule has 146 valence electrons. The molecule has 2 aromatic rings. The molecule has 0 spiro atoms. The van der Waals surface area contributed by atoms with Gasteiger partial charge in [0.1, 0.15) is 12.4 Å². The van der Waals surface area contributed by atoms with Gasteiger partial charge in [0, 0.05) is 24.0 Å². The number of ether oxygens (including phenoxy) is 1. The fourth-order valence-corrected chi connectivity index (χ4v) is 3.60. The number of hydrogen-bond donors (Lipinski definition) is 3. The first-order valence-corrected chi connectivity index (χ1v) is 9.57. The zero-order valence-corrected chi connectivity index (χ0v) is 18.6. The van der Waals surface area contributed by atoms with E-state index in [1.165, 1.54) is 10.4 Å². The van der Waals surface area contributed by atoms with Crippen LogP contribution in [0.2, 0.25) is 0 Å². The number of anilines is 1. The van der Waals surface area contributed by atoms with Crippen LogP contribution in [-0.4, -0.2) is 32.1 Å². The molecule has 0 aliphatic carbocycles. The number of aliphatic imine (C=N–C) groups is 1. The predicted molar refractivity (Wildman–Crippen MR) is 122 cm³/mol. The first-order chi connectivity index (χ1) is 12.7.